The van der Waals surface area contributed by atoms with Crippen LogP contribution in [0.5, 0.6) is 0 Å². The second kappa shape index (κ2) is 8.61. The van der Waals surface area contributed by atoms with Gasteiger partial charge in [-0.1, -0.05) is 12.1 Å². The monoisotopic (exact) mass is 438 g/mol. The number of fused-ring (bicyclic) bond motifs is 1. The molecule has 0 radical (unpaired) electrons. The fourth-order valence-electron chi connectivity index (χ4n) is 3.76. The molecule has 162 valence electrons. The highest BCUT2D eigenvalue weighted by atomic mass is 16.5. The SMILES string of the molecule is N#Cc1cccc(CC(=O)Nc2cncc(C(=O)c3cn(C4COC4)c4ncncc34)c2)c1. The van der Waals surface area contributed by atoms with Crippen LogP contribution in [0.4, 0.5) is 5.69 Å². The molecule has 9 heteroatoms. The summed E-state index contributed by atoms with van der Waals surface area (Å²) in [5.41, 5.74) is 3.11. The Hall–Kier alpha value is -4.42. The van der Waals surface area contributed by atoms with E-state index in [0.29, 0.717) is 46.6 Å². The number of hydrogen-bond acceptors (Lipinski definition) is 7. The number of nitrogens with one attached hydrogen (secondary N) is 1. The smallest absolute Gasteiger partial charge is 0.228 e. The number of ether oxygens (including phenoxy) is 1. The summed E-state index contributed by atoms with van der Waals surface area (Å²) in [6.45, 7) is 1.14. The predicted octanol–water partition coefficient (Wildman–Crippen LogP) is 2.68. The molecule has 4 heterocycles. The van der Waals surface area contributed by atoms with Gasteiger partial charge in [0.15, 0.2) is 5.78 Å². The zero-order valence-corrected chi connectivity index (χ0v) is 17.4. The fraction of sp³-hybridized carbons (Fsp3) is 0.167. The van der Waals surface area contributed by atoms with Gasteiger partial charge in [0.25, 0.3) is 0 Å². The van der Waals surface area contributed by atoms with Crippen molar-refractivity contribution in [3.8, 4) is 6.07 Å². The average Bonchev–Trinajstić information content (AvgIpc) is 3.17. The summed E-state index contributed by atoms with van der Waals surface area (Å²) in [6.07, 6.45) is 7.91. The largest absolute Gasteiger partial charge is 0.377 e. The lowest BCUT2D eigenvalue weighted by atomic mass is 10.1. The maximum absolute atomic E-state index is 13.3. The molecule has 33 heavy (non-hydrogen) atoms. The Bertz CT molecular complexity index is 1420. The van der Waals surface area contributed by atoms with Crippen molar-refractivity contribution < 1.29 is 14.3 Å². The molecule has 0 atom stereocenters. The van der Waals surface area contributed by atoms with Crippen LogP contribution in [0.15, 0.2) is 61.4 Å². The maximum Gasteiger partial charge on any atom is 0.228 e. The van der Waals surface area contributed by atoms with Crippen molar-refractivity contribution >= 4 is 28.4 Å². The number of carbonyl (C=O) groups excluding carboxylic acids is 2. The molecule has 1 aliphatic heterocycles. The van der Waals surface area contributed by atoms with Gasteiger partial charge in [-0.3, -0.25) is 14.6 Å². The van der Waals surface area contributed by atoms with E-state index in [0.717, 1.165) is 5.56 Å². The molecule has 0 saturated carbocycles. The second-order valence-corrected chi connectivity index (χ2v) is 7.73. The van der Waals surface area contributed by atoms with Crippen molar-refractivity contribution in [3.05, 3.63) is 83.7 Å². The van der Waals surface area contributed by atoms with E-state index in [-0.39, 0.29) is 24.2 Å². The van der Waals surface area contributed by atoms with Gasteiger partial charge >= 0.3 is 0 Å². The van der Waals surface area contributed by atoms with Crippen molar-refractivity contribution in [2.45, 2.75) is 12.5 Å². The van der Waals surface area contributed by atoms with Crippen molar-refractivity contribution in [1.82, 2.24) is 19.5 Å². The first-order valence-electron chi connectivity index (χ1n) is 10.3. The summed E-state index contributed by atoms with van der Waals surface area (Å²) in [5, 5.41) is 12.4. The van der Waals surface area contributed by atoms with Crippen molar-refractivity contribution in [2.24, 2.45) is 0 Å². The predicted molar refractivity (Wildman–Crippen MR) is 119 cm³/mol. The Labute approximate surface area is 188 Å². The van der Waals surface area contributed by atoms with Gasteiger partial charge in [0.2, 0.25) is 5.91 Å². The van der Waals surface area contributed by atoms with E-state index >= 15 is 0 Å². The molecule has 1 saturated heterocycles. The third kappa shape index (κ3) is 4.07. The number of ketones is 1. The molecule has 0 aliphatic carbocycles. The number of rotatable bonds is 6. The van der Waals surface area contributed by atoms with Crippen molar-refractivity contribution in [2.75, 3.05) is 18.5 Å². The highest BCUT2D eigenvalue weighted by Crippen LogP contribution is 2.28. The molecule has 4 aromatic rings. The number of anilines is 1. The Morgan fingerprint density at radius 1 is 1.18 bits per heavy atom. The fourth-order valence-corrected chi connectivity index (χ4v) is 3.76. The van der Waals surface area contributed by atoms with Gasteiger partial charge in [-0.2, -0.15) is 5.26 Å². The first-order chi connectivity index (χ1) is 16.1. The summed E-state index contributed by atoms with van der Waals surface area (Å²) in [6, 6.07) is 10.7. The molecule has 1 N–H and O–H groups in total. The molecule has 3 aromatic heterocycles. The molecule has 0 bridgehead atoms. The van der Waals surface area contributed by atoms with Crippen LogP contribution in [0.3, 0.4) is 0 Å². The number of hydrogen-bond donors (Lipinski definition) is 1. The molecule has 1 fully saturated rings. The zero-order chi connectivity index (χ0) is 22.8. The quantitative estimate of drug-likeness (QED) is 0.459. The van der Waals surface area contributed by atoms with E-state index in [2.05, 4.69) is 26.3 Å². The van der Waals surface area contributed by atoms with Gasteiger partial charge in [0.05, 0.1) is 54.8 Å². The number of nitriles is 1. The summed E-state index contributed by atoms with van der Waals surface area (Å²) >= 11 is 0. The minimum Gasteiger partial charge on any atom is -0.377 e. The van der Waals surface area contributed by atoms with Gasteiger partial charge in [-0.25, -0.2) is 9.97 Å². The van der Waals surface area contributed by atoms with Crippen LogP contribution < -0.4 is 5.32 Å². The first-order valence-corrected chi connectivity index (χ1v) is 10.3. The summed E-state index contributed by atoms with van der Waals surface area (Å²) < 4.78 is 7.23. The molecule has 1 aromatic carbocycles. The summed E-state index contributed by atoms with van der Waals surface area (Å²) in [4.78, 5) is 38.4. The van der Waals surface area contributed by atoms with Crippen LogP contribution in [-0.2, 0) is 16.0 Å². The minimum absolute atomic E-state index is 0.0992. The number of aromatic nitrogens is 4. The molecule has 9 nitrogen and oxygen atoms in total. The number of nitrogens with zero attached hydrogens (tertiary/aromatic N) is 5. The van der Waals surface area contributed by atoms with Gasteiger partial charge in [0, 0.05) is 29.5 Å². The van der Waals surface area contributed by atoms with Crippen LogP contribution in [-0.4, -0.2) is 44.4 Å². The normalized spacial score (nSPS) is 13.3. The van der Waals surface area contributed by atoms with E-state index in [1.165, 1.54) is 18.7 Å². The highest BCUT2D eigenvalue weighted by molar-refractivity contribution is 6.16. The van der Waals surface area contributed by atoms with E-state index in [1.807, 2.05) is 4.57 Å². The van der Waals surface area contributed by atoms with Crippen LogP contribution in [0.25, 0.3) is 11.0 Å². The number of benzene rings is 1. The number of carbonyl (C=O) groups is 2. The Kier molecular flexibility index (Phi) is 5.34. The van der Waals surface area contributed by atoms with Crippen LogP contribution in [0.1, 0.15) is 33.1 Å². The Morgan fingerprint density at radius 2 is 2.06 bits per heavy atom. The van der Waals surface area contributed by atoms with E-state index in [4.69, 9.17) is 10.00 Å². The lowest BCUT2D eigenvalue weighted by Gasteiger charge is -2.27. The molecule has 1 aliphatic rings. The lowest BCUT2D eigenvalue weighted by Crippen LogP contribution is -2.30. The maximum atomic E-state index is 13.3. The Morgan fingerprint density at radius 3 is 2.85 bits per heavy atom. The van der Waals surface area contributed by atoms with E-state index in [1.54, 1.807) is 42.7 Å². The molecular formula is C24H18N6O3. The lowest BCUT2D eigenvalue weighted by molar-refractivity contribution is -0.115. The van der Waals surface area contributed by atoms with E-state index in [9.17, 15) is 9.59 Å². The van der Waals surface area contributed by atoms with Gasteiger partial charge in [-0.05, 0) is 23.8 Å². The van der Waals surface area contributed by atoms with Crippen LogP contribution in [0, 0.1) is 11.3 Å². The second-order valence-electron chi connectivity index (χ2n) is 7.73. The molecule has 1 amide bonds. The molecular weight excluding hydrogens is 420 g/mol. The number of pyridine rings is 1. The summed E-state index contributed by atoms with van der Waals surface area (Å²) in [5.74, 6) is -0.509. The van der Waals surface area contributed by atoms with Gasteiger partial charge in [-0.15, -0.1) is 0 Å². The van der Waals surface area contributed by atoms with Crippen molar-refractivity contribution in [3.63, 3.8) is 0 Å². The number of amides is 1. The summed E-state index contributed by atoms with van der Waals surface area (Å²) in [7, 11) is 0. The van der Waals surface area contributed by atoms with Crippen molar-refractivity contribution in [1.29, 1.82) is 5.26 Å². The molecule has 0 unspecified atom stereocenters. The van der Waals surface area contributed by atoms with Crippen LogP contribution in [0.2, 0.25) is 0 Å². The van der Waals surface area contributed by atoms with Gasteiger partial charge in [0.1, 0.15) is 12.0 Å². The zero-order valence-electron chi connectivity index (χ0n) is 17.4. The highest BCUT2D eigenvalue weighted by Gasteiger charge is 2.26. The van der Waals surface area contributed by atoms with E-state index < -0.39 is 0 Å². The third-order valence-corrected chi connectivity index (χ3v) is 5.46. The molecule has 5 rings (SSSR count). The third-order valence-electron chi connectivity index (χ3n) is 5.46. The molecule has 0 spiro atoms. The standard InChI is InChI=1S/C24H18N6O3/c25-7-16-3-1-2-15(4-16)5-22(31)29-18-6-17(8-26-9-18)23(32)21-11-30(19-12-33-13-19)24-20(21)10-27-14-28-24/h1-4,6,8-11,14,19H,5,12-13H2,(H,29,31). The Balaban J connectivity index is 1.37. The first kappa shape index (κ1) is 20.5. The van der Waals surface area contributed by atoms with Gasteiger partial charge < -0.3 is 14.6 Å². The average molecular weight is 438 g/mol. The minimum atomic E-state index is -0.272. The topological polar surface area (TPSA) is 123 Å². The van der Waals surface area contributed by atoms with Crippen LogP contribution >= 0.6 is 0 Å².